The van der Waals surface area contributed by atoms with Crippen LogP contribution in [0.4, 0.5) is 0 Å². The first-order valence-corrected chi connectivity index (χ1v) is 7.59. The Labute approximate surface area is 121 Å². The summed E-state index contributed by atoms with van der Waals surface area (Å²) in [5.41, 5.74) is 1.02. The smallest absolute Gasteiger partial charge is 0.0406 e. The van der Waals surface area contributed by atoms with Crippen molar-refractivity contribution in [2.24, 2.45) is 11.8 Å². The number of hydrogen-bond acceptors (Lipinski definition) is 0. The molecule has 0 nitrogen and oxygen atoms in total. The SMILES string of the molecule is CCC1CCC(C=CC#Cc2ccc(Cl)cc2)CC1. The predicted molar refractivity (Wildman–Crippen MR) is 83.2 cm³/mol. The zero-order valence-electron chi connectivity index (χ0n) is 11.5. The number of halogens is 1. The molecule has 2 rings (SSSR count). The van der Waals surface area contributed by atoms with Gasteiger partial charge in [0.2, 0.25) is 0 Å². The minimum Gasteiger partial charge on any atom is -0.0843 e. The molecule has 1 aromatic carbocycles. The van der Waals surface area contributed by atoms with Crippen molar-refractivity contribution < 1.29 is 0 Å². The van der Waals surface area contributed by atoms with E-state index in [2.05, 4.69) is 24.8 Å². The first-order chi connectivity index (χ1) is 9.28. The third-order valence-electron chi connectivity index (χ3n) is 3.98. The topological polar surface area (TPSA) is 0 Å². The van der Waals surface area contributed by atoms with E-state index < -0.39 is 0 Å². The van der Waals surface area contributed by atoms with E-state index in [1.807, 2.05) is 30.3 Å². The summed E-state index contributed by atoms with van der Waals surface area (Å²) in [7, 11) is 0. The lowest BCUT2D eigenvalue weighted by atomic mass is 9.81. The Kier molecular flexibility index (Phi) is 5.55. The summed E-state index contributed by atoms with van der Waals surface area (Å²) >= 11 is 5.84. The van der Waals surface area contributed by atoms with Crippen molar-refractivity contribution in [1.82, 2.24) is 0 Å². The number of rotatable bonds is 2. The molecule has 0 aromatic heterocycles. The summed E-state index contributed by atoms with van der Waals surface area (Å²) in [4.78, 5) is 0. The Morgan fingerprint density at radius 1 is 1.16 bits per heavy atom. The molecule has 0 saturated heterocycles. The molecule has 0 aliphatic heterocycles. The minimum absolute atomic E-state index is 0.738. The van der Waals surface area contributed by atoms with Gasteiger partial charge in [-0.1, -0.05) is 42.9 Å². The number of hydrogen-bond donors (Lipinski definition) is 0. The lowest BCUT2D eigenvalue weighted by Gasteiger charge is -2.25. The summed E-state index contributed by atoms with van der Waals surface area (Å²) in [5, 5.41) is 0.758. The molecule has 1 fully saturated rings. The normalized spacial score (nSPS) is 23.1. The van der Waals surface area contributed by atoms with Crippen LogP contribution in [-0.4, -0.2) is 0 Å². The van der Waals surface area contributed by atoms with Crippen molar-refractivity contribution in [2.75, 3.05) is 0 Å². The van der Waals surface area contributed by atoms with E-state index in [0.29, 0.717) is 0 Å². The van der Waals surface area contributed by atoms with Gasteiger partial charge in [-0.05, 0) is 67.9 Å². The Balaban J connectivity index is 1.82. The van der Waals surface area contributed by atoms with Gasteiger partial charge in [-0.25, -0.2) is 0 Å². The van der Waals surface area contributed by atoms with Crippen LogP contribution in [0.1, 0.15) is 44.6 Å². The van der Waals surface area contributed by atoms with Gasteiger partial charge in [0.1, 0.15) is 0 Å². The molecule has 0 heterocycles. The van der Waals surface area contributed by atoms with E-state index in [9.17, 15) is 0 Å². The van der Waals surface area contributed by atoms with Crippen LogP contribution in [0.2, 0.25) is 5.02 Å². The third-order valence-corrected chi connectivity index (χ3v) is 4.23. The maximum absolute atomic E-state index is 5.84. The highest BCUT2D eigenvalue weighted by atomic mass is 35.5. The van der Waals surface area contributed by atoms with Gasteiger partial charge < -0.3 is 0 Å². The van der Waals surface area contributed by atoms with Crippen LogP contribution in [-0.2, 0) is 0 Å². The Bertz CT molecular complexity index is 465. The fraction of sp³-hybridized carbons (Fsp3) is 0.444. The maximum atomic E-state index is 5.84. The standard InChI is InChI=1S/C18H21Cl/c1-2-15-7-9-16(10-8-15)5-3-4-6-17-11-13-18(19)14-12-17/h3,5,11-16H,2,7-10H2,1H3. The molecule has 0 radical (unpaired) electrons. The first kappa shape index (κ1) is 14.2. The lowest BCUT2D eigenvalue weighted by Crippen LogP contribution is -2.11. The Hall–Kier alpha value is -1.19. The average molecular weight is 273 g/mol. The van der Waals surface area contributed by atoms with Crippen molar-refractivity contribution in [3.8, 4) is 11.8 Å². The molecule has 0 atom stereocenters. The summed E-state index contributed by atoms with van der Waals surface area (Å²) in [6.45, 7) is 2.30. The largest absolute Gasteiger partial charge is 0.0843 e. The molecule has 1 aromatic rings. The van der Waals surface area contributed by atoms with Gasteiger partial charge >= 0.3 is 0 Å². The van der Waals surface area contributed by atoms with Gasteiger partial charge in [-0.15, -0.1) is 0 Å². The molecular weight excluding hydrogens is 252 g/mol. The molecule has 1 aliphatic rings. The van der Waals surface area contributed by atoms with Crippen molar-refractivity contribution in [1.29, 1.82) is 0 Å². The molecule has 0 unspecified atom stereocenters. The van der Waals surface area contributed by atoms with Gasteiger partial charge in [-0.2, -0.15) is 0 Å². The summed E-state index contributed by atoms with van der Waals surface area (Å²) < 4.78 is 0. The van der Waals surface area contributed by atoms with E-state index in [0.717, 1.165) is 22.4 Å². The minimum atomic E-state index is 0.738. The molecule has 0 N–H and O–H groups in total. The second-order valence-corrected chi connectivity index (χ2v) is 5.76. The zero-order valence-corrected chi connectivity index (χ0v) is 12.3. The van der Waals surface area contributed by atoms with Crippen molar-refractivity contribution >= 4 is 11.6 Å². The van der Waals surface area contributed by atoms with E-state index in [-0.39, 0.29) is 0 Å². The Morgan fingerprint density at radius 3 is 2.47 bits per heavy atom. The highest BCUT2D eigenvalue weighted by Crippen LogP contribution is 2.31. The van der Waals surface area contributed by atoms with Crippen molar-refractivity contribution in [3.05, 3.63) is 47.0 Å². The highest BCUT2D eigenvalue weighted by Gasteiger charge is 2.17. The van der Waals surface area contributed by atoms with Crippen molar-refractivity contribution in [3.63, 3.8) is 0 Å². The van der Waals surface area contributed by atoms with E-state index in [1.165, 1.54) is 32.1 Å². The molecule has 0 amide bonds. The quantitative estimate of drug-likeness (QED) is 0.627. The second kappa shape index (κ2) is 7.41. The van der Waals surface area contributed by atoms with Gasteiger partial charge in [0.05, 0.1) is 0 Å². The number of benzene rings is 1. The number of allylic oxidation sites excluding steroid dienone is 2. The van der Waals surface area contributed by atoms with Crippen LogP contribution in [0.15, 0.2) is 36.4 Å². The van der Waals surface area contributed by atoms with Crippen LogP contribution in [0, 0.1) is 23.7 Å². The molecule has 1 aliphatic carbocycles. The van der Waals surface area contributed by atoms with Gasteiger partial charge in [0, 0.05) is 10.6 Å². The first-order valence-electron chi connectivity index (χ1n) is 7.21. The summed E-state index contributed by atoms with van der Waals surface area (Å²) in [6, 6.07) is 7.66. The molecule has 1 saturated carbocycles. The molecule has 100 valence electrons. The monoisotopic (exact) mass is 272 g/mol. The fourth-order valence-electron chi connectivity index (χ4n) is 2.63. The fourth-order valence-corrected chi connectivity index (χ4v) is 2.76. The predicted octanol–water partition coefficient (Wildman–Crippen LogP) is 5.46. The third kappa shape index (κ3) is 4.77. The summed E-state index contributed by atoms with van der Waals surface area (Å²) in [6.07, 6.45) is 11.1. The van der Waals surface area contributed by atoms with Gasteiger partial charge in [0.15, 0.2) is 0 Å². The molecule has 19 heavy (non-hydrogen) atoms. The van der Waals surface area contributed by atoms with Gasteiger partial charge in [-0.3, -0.25) is 0 Å². The van der Waals surface area contributed by atoms with E-state index in [4.69, 9.17) is 11.6 Å². The van der Waals surface area contributed by atoms with Crippen LogP contribution in [0.5, 0.6) is 0 Å². The van der Waals surface area contributed by atoms with Crippen LogP contribution in [0.25, 0.3) is 0 Å². The van der Waals surface area contributed by atoms with Crippen LogP contribution >= 0.6 is 11.6 Å². The average Bonchev–Trinajstić information content (AvgIpc) is 2.46. The lowest BCUT2D eigenvalue weighted by molar-refractivity contribution is 0.304. The van der Waals surface area contributed by atoms with E-state index >= 15 is 0 Å². The molecular formula is C18H21Cl. The Morgan fingerprint density at radius 2 is 1.84 bits per heavy atom. The molecule has 0 bridgehead atoms. The second-order valence-electron chi connectivity index (χ2n) is 5.32. The molecule has 1 heteroatoms. The molecule has 0 spiro atoms. The van der Waals surface area contributed by atoms with Gasteiger partial charge in [0.25, 0.3) is 0 Å². The maximum Gasteiger partial charge on any atom is 0.0406 e. The highest BCUT2D eigenvalue weighted by molar-refractivity contribution is 6.30. The van der Waals surface area contributed by atoms with E-state index in [1.54, 1.807) is 0 Å². The summed E-state index contributed by atoms with van der Waals surface area (Å²) in [5.74, 6) is 7.96. The van der Waals surface area contributed by atoms with Crippen LogP contribution < -0.4 is 0 Å². The van der Waals surface area contributed by atoms with Crippen LogP contribution in [0.3, 0.4) is 0 Å². The van der Waals surface area contributed by atoms with Crippen molar-refractivity contribution in [2.45, 2.75) is 39.0 Å². The zero-order chi connectivity index (χ0) is 13.5.